The first kappa shape index (κ1) is 25.0. The monoisotopic (exact) mass is 502 g/mol. The van der Waals surface area contributed by atoms with Crippen molar-refractivity contribution in [3.05, 3.63) is 69.7 Å². The van der Waals surface area contributed by atoms with E-state index in [4.69, 9.17) is 59.1 Å². The van der Waals surface area contributed by atoms with Crippen LogP contribution in [0.2, 0.25) is 10.0 Å². The zero-order valence-corrected chi connectivity index (χ0v) is 19.4. The van der Waals surface area contributed by atoms with Gasteiger partial charge in [0.2, 0.25) is 0 Å². The average molecular weight is 503 g/mol. The topological polar surface area (TPSA) is 148 Å². The first-order chi connectivity index (χ1) is 15.3. The Morgan fingerprint density at radius 2 is 1.06 bits per heavy atom. The summed E-state index contributed by atoms with van der Waals surface area (Å²) in [5.74, 6) is -1.94. The number of rotatable bonds is 7. The number of nitriles is 2. The molecule has 2 atom stereocenters. The van der Waals surface area contributed by atoms with Gasteiger partial charge in [-0.25, -0.2) is 0 Å². The van der Waals surface area contributed by atoms with Crippen LogP contribution in [0.25, 0.3) is 0 Å². The lowest BCUT2D eigenvalue weighted by Gasteiger charge is -2.19. The summed E-state index contributed by atoms with van der Waals surface area (Å²) >= 11 is 21.7. The molecule has 0 saturated heterocycles. The highest BCUT2D eigenvalue weighted by Gasteiger charge is 2.30. The molecule has 0 aliphatic heterocycles. The largest absolute Gasteiger partial charge is 0.375 e. The second-order valence-electron chi connectivity index (χ2n) is 6.17. The first-order valence-corrected chi connectivity index (χ1v) is 10.4. The van der Waals surface area contributed by atoms with E-state index in [1.165, 1.54) is 0 Å². The molecule has 0 amide bonds. The van der Waals surface area contributed by atoms with E-state index in [1.807, 2.05) is 0 Å². The molecule has 0 aliphatic carbocycles. The summed E-state index contributed by atoms with van der Waals surface area (Å²) in [5, 5.41) is 29.1. The van der Waals surface area contributed by atoms with Crippen molar-refractivity contribution >= 4 is 69.3 Å². The molecule has 162 valence electrons. The number of hydrogen-bond acceptors (Lipinski definition) is 6. The summed E-state index contributed by atoms with van der Waals surface area (Å²) in [7, 11) is 0. The van der Waals surface area contributed by atoms with Gasteiger partial charge in [-0.05, 0) is 59.8 Å². The molecule has 6 N–H and O–H groups in total. The fourth-order valence-electron chi connectivity index (χ4n) is 2.67. The third-order valence-electron chi connectivity index (χ3n) is 4.05. The molecule has 0 radical (unpaired) electrons. The van der Waals surface area contributed by atoms with Crippen LogP contribution in [0.3, 0.4) is 0 Å². The number of hydrazone groups is 2. The van der Waals surface area contributed by atoms with Crippen molar-refractivity contribution in [3.63, 3.8) is 0 Å². The highest BCUT2D eigenvalue weighted by atomic mass is 35.5. The molecule has 0 bridgehead atoms. The Kier molecular flexibility index (Phi) is 9.32. The van der Waals surface area contributed by atoms with Crippen molar-refractivity contribution in [2.45, 2.75) is 11.8 Å². The third kappa shape index (κ3) is 6.87. The number of halogens is 2. The highest BCUT2D eigenvalue weighted by molar-refractivity contribution is 7.80. The zero-order valence-electron chi connectivity index (χ0n) is 16.3. The van der Waals surface area contributed by atoms with Crippen LogP contribution in [-0.4, -0.2) is 21.6 Å². The summed E-state index contributed by atoms with van der Waals surface area (Å²) in [6, 6.07) is 17.5. The molecule has 0 saturated carbocycles. The number of hydrogen-bond donors (Lipinski definition) is 4. The zero-order chi connectivity index (χ0) is 23.7. The Balaban J connectivity index is 2.71. The quantitative estimate of drug-likeness (QED) is 0.256. The summed E-state index contributed by atoms with van der Waals surface area (Å²) in [6.45, 7) is 0. The maximum Gasteiger partial charge on any atom is 0.184 e. The van der Waals surface area contributed by atoms with Gasteiger partial charge in [0, 0.05) is 10.0 Å². The van der Waals surface area contributed by atoms with Crippen LogP contribution in [0.4, 0.5) is 0 Å². The lowest BCUT2D eigenvalue weighted by atomic mass is 9.85. The van der Waals surface area contributed by atoms with E-state index in [9.17, 15) is 10.5 Å². The van der Waals surface area contributed by atoms with Crippen LogP contribution in [0, 0.1) is 22.7 Å². The maximum absolute atomic E-state index is 9.99. The molecule has 0 heterocycles. The van der Waals surface area contributed by atoms with E-state index in [0.717, 1.165) is 0 Å². The smallest absolute Gasteiger partial charge is 0.184 e. The molecule has 0 aliphatic rings. The molecule has 2 rings (SSSR count). The Hall–Kier alpha value is -3.28. The predicted octanol–water partition coefficient (Wildman–Crippen LogP) is 3.29. The Morgan fingerprint density at radius 3 is 1.31 bits per heavy atom. The van der Waals surface area contributed by atoms with Gasteiger partial charge in [0.05, 0.1) is 12.1 Å². The van der Waals surface area contributed by atoms with Crippen LogP contribution in [-0.2, 0) is 0 Å². The summed E-state index contributed by atoms with van der Waals surface area (Å²) in [6.07, 6.45) is 0. The van der Waals surface area contributed by atoms with Gasteiger partial charge in [0.25, 0.3) is 0 Å². The van der Waals surface area contributed by atoms with Gasteiger partial charge in [-0.3, -0.25) is 10.9 Å². The normalized spacial score (nSPS) is 13.2. The second-order valence-corrected chi connectivity index (χ2v) is 7.93. The predicted molar refractivity (Wildman–Crippen MR) is 134 cm³/mol. The molecule has 2 aromatic carbocycles. The van der Waals surface area contributed by atoms with Crippen molar-refractivity contribution in [2.75, 3.05) is 0 Å². The fourth-order valence-corrected chi connectivity index (χ4v) is 3.01. The van der Waals surface area contributed by atoms with E-state index in [2.05, 4.69) is 33.2 Å². The van der Waals surface area contributed by atoms with Gasteiger partial charge in [-0.1, -0.05) is 47.5 Å². The number of nitrogens with one attached hydrogen (secondary N) is 2. The molecule has 0 fully saturated rings. The minimum atomic E-state index is -0.968. The van der Waals surface area contributed by atoms with Gasteiger partial charge < -0.3 is 11.5 Å². The van der Waals surface area contributed by atoms with Gasteiger partial charge >= 0.3 is 0 Å². The Bertz CT molecular complexity index is 1040. The maximum atomic E-state index is 9.99. The van der Waals surface area contributed by atoms with Crippen LogP contribution in [0.1, 0.15) is 23.0 Å². The molecular weight excluding hydrogens is 487 g/mol. The third-order valence-corrected chi connectivity index (χ3v) is 4.73. The first-order valence-electron chi connectivity index (χ1n) is 8.83. The molecule has 0 aromatic heterocycles. The molecule has 32 heavy (non-hydrogen) atoms. The van der Waals surface area contributed by atoms with E-state index < -0.39 is 11.8 Å². The van der Waals surface area contributed by atoms with Crippen molar-refractivity contribution in [1.29, 1.82) is 10.5 Å². The second kappa shape index (κ2) is 11.9. The van der Waals surface area contributed by atoms with Crippen LogP contribution >= 0.6 is 47.6 Å². The molecule has 12 heteroatoms. The number of thiocarbonyl (C=S) groups is 2. The number of nitrogens with two attached hydrogens (primary N) is 2. The van der Waals surface area contributed by atoms with Crippen LogP contribution < -0.4 is 22.3 Å². The standard InChI is InChI=1S/C20H16Cl2N8S2/c21-13-5-1-11(2-6-13)15(9-23)17(27-29-19(25)31)18(28-30-20(26)32)16(10-24)12-3-7-14(22)8-4-12/h1-8,15-16H,(H3,25,29,31)(H3,26,30,32)/b27-17-,28-18-. The van der Waals surface area contributed by atoms with Crippen molar-refractivity contribution in [1.82, 2.24) is 10.9 Å². The minimum absolute atomic E-state index is 0.0767. The lowest BCUT2D eigenvalue weighted by Crippen LogP contribution is -2.35. The van der Waals surface area contributed by atoms with Crippen molar-refractivity contribution in [3.8, 4) is 12.1 Å². The molecule has 0 spiro atoms. The summed E-state index contributed by atoms with van der Waals surface area (Å²) in [4.78, 5) is 0. The highest BCUT2D eigenvalue weighted by Crippen LogP contribution is 2.26. The van der Waals surface area contributed by atoms with E-state index in [0.29, 0.717) is 21.2 Å². The summed E-state index contributed by atoms with van der Waals surface area (Å²) in [5.41, 5.74) is 17.3. The van der Waals surface area contributed by atoms with E-state index >= 15 is 0 Å². The van der Waals surface area contributed by atoms with Gasteiger partial charge in [-0.15, -0.1) is 0 Å². The van der Waals surface area contributed by atoms with E-state index in [-0.39, 0.29) is 21.6 Å². The molecule has 2 aromatic rings. The van der Waals surface area contributed by atoms with Crippen molar-refractivity contribution in [2.24, 2.45) is 21.7 Å². The van der Waals surface area contributed by atoms with Crippen molar-refractivity contribution < 1.29 is 0 Å². The SMILES string of the molecule is N#CC(C(=N/NC(N)=S)/C(=N\NC(N)=S)C(C#N)c1ccc(Cl)cc1)c1ccc(Cl)cc1. The molecular formula is C20H16Cl2N8S2. The van der Waals surface area contributed by atoms with Crippen LogP contribution in [0.5, 0.6) is 0 Å². The van der Waals surface area contributed by atoms with Gasteiger partial charge in [0.15, 0.2) is 10.2 Å². The Morgan fingerprint density at radius 1 is 0.750 bits per heavy atom. The minimum Gasteiger partial charge on any atom is -0.375 e. The lowest BCUT2D eigenvalue weighted by molar-refractivity contribution is 0.974. The van der Waals surface area contributed by atoms with E-state index in [1.54, 1.807) is 48.5 Å². The molecule has 2 unspecified atom stereocenters. The number of nitrogens with zero attached hydrogens (tertiary/aromatic N) is 4. The van der Waals surface area contributed by atoms with Gasteiger partial charge in [-0.2, -0.15) is 20.7 Å². The Labute approximate surface area is 205 Å². The van der Waals surface area contributed by atoms with Crippen LogP contribution in [0.15, 0.2) is 58.7 Å². The molecule has 8 nitrogen and oxygen atoms in total. The van der Waals surface area contributed by atoms with Gasteiger partial charge in [0.1, 0.15) is 23.3 Å². The summed E-state index contributed by atoms with van der Waals surface area (Å²) < 4.78 is 0. The number of benzene rings is 2. The fraction of sp³-hybridized carbons (Fsp3) is 0.100. The average Bonchev–Trinajstić information content (AvgIpc) is 2.76.